The van der Waals surface area contributed by atoms with Crippen molar-refractivity contribution in [2.45, 2.75) is 4.75 Å². The zero-order chi connectivity index (χ0) is 11.2. The summed E-state index contributed by atoms with van der Waals surface area (Å²) in [6.07, 6.45) is 0. The third kappa shape index (κ3) is 2.62. The molecule has 0 atom stereocenters. The molecule has 0 unspecified atom stereocenters. The summed E-state index contributed by atoms with van der Waals surface area (Å²) in [7, 11) is -4.23. The summed E-state index contributed by atoms with van der Waals surface area (Å²) in [5.74, 6) is 0. The molecule has 7 nitrogen and oxygen atoms in total. The average Bonchev–Trinajstić information content (AvgIpc) is 2.18. The molecule has 0 bridgehead atoms. The topological polar surface area (TPSA) is 130 Å². The number of hydrogen-bond acceptors (Lipinski definition) is 7. The van der Waals surface area contributed by atoms with Crippen LogP contribution in [0.25, 0.3) is 0 Å². The Morgan fingerprint density at radius 2 is 1.57 bits per heavy atom. The molecule has 0 aliphatic carbocycles. The maximum absolute atomic E-state index is 11.3. The lowest BCUT2D eigenvalue weighted by molar-refractivity contribution is 0.104. The van der Waals surface area contributed by atoms with Gasteiger partial charge in [-0.3, -0.25) is 4.18 Å². The quantitative estimate of drug-likeness (QED) is 0.342. The molecule has 14 heavy (non-hydrogen) atoms. The van der Waals surface area contributed by atoms with Gasteiger partial charge in [-0.25, -0.2) is 0 Å². The van der Waals surface area contributed by atoms with Gasteiger partial charge < -0.3 is 21.1 Å². The van der Waals surface area contributed by atoms with E-state index in [1.807, 2.05) is 0 Å². The molecule has 0 aromatic carbocycles. The van der Waals surface area contributed by atoms with Gasteiger partial charge >= 0.3 is 0 Å². The van der Waals surface area contributed by atoms with Crippen molar-refractivity contribution in [3.8, 4) is 0 Å². The van der Waals surface area contributed by atoms with Crippen LogP contribution >= 0.6 is 0 Å². The molecule has 0 aliphatic heterocycles. The fourth-order valence-corrected chi connectivity index (χ4v) is 1.71. The van der Waals surface area contributed by atoms with Crippen molar-refractivity contribution in [1.29, 1.82) is 0 Å². The predicted octanol–water partition coefficient (Wildman–Crippen LogP) is -2.99. The summed E-state index contributed by atoms with van der Waals surface area (Å²) in [6.45, 7) is -3.05. The van der Waals surface area contributed by atoms with E-state index in [4.69, 9.17) is 21.1 Å². The molecule has 0 amide bonds. The summed E-state index contributed by atoms with van der Waals surface area (Å²) < 4.78 is 25.0. The fraction of sp³-hybridized carbons (Fsp3) is 1.00. The number of hydrogen-bond donors (Lipinski definition) is 4. The molecule has 0 spiro atoms. The van der Waals surface area contributed by atoms with Gasteiger partial charge in [0.25, 0.3) is 10.1 Å². The second-order valence-electron chi connectivity index (χ2n) is 2.72. The Morgan fingerprint density at radius 3 is 1.86 bits per heavy atom. The zero-order valence-corrected chi connectivity index (χ0v) is 8.40. The second-order valence-corrected chi connectivity index (χ2v) is 4.73. The van der Waals surface area contributed by atoms with E-state index in [9.17, 15) is 8.42 Å². The minimum Gasteiger partial charge on any atom is -0.394 e. The highest BCUT2D eigenvalue weighted by molar-refractivity contribution is 7.88. The highest BCUT2D eigenvalue weighted by Crippen LogP contribution is 2.17. The van der Waals surface area contributed by atoms with Gasteiger partial charge in [-0.05, 0) is 0 Å². The predicted molar refractivity (Wildman–Crippen MR) is 47.9 cm³/mol. The Morgan fingerprint density at radius 1 is 1.14 bits per heavy atom. The highest BCUT2D eigenvalue weighted by atomic mass is 32.2. The molecule has 0 aromatic rings. The minimum absolute atomic E-state index is 0.0163. The van der Waals surface area contributed by atoms with Crippen LogP contribution in [0.4, 0.5) is 0 Å². The lowest BCUT2D eigenvalue weighted by Gasteiger charge is -2.25. The van der Waals surface area contributed by atoms with Gasteiger partial charge in [-0.1, -0.05) is 0 Å². The molecule has 0 heterocycles. The van der Waals surface area contributed by atoms with E-state index in [0.717, 1.165) is 0 Å². The second kappa shape index (κ2) is 5.59. The molecule has 8 heteroatoms. The van der Waals surface area contributed by atoms with Gasteiger partial charge in [0.15, 0.2) is 4.75 Å². The first-order valence-electron chi connectivity index (χ1n) is 3.91. The maximum Gasteiger partial charge on any atom is 0.280 e. The van der Waals surface area contributed by atoms with Crippen molar-refractivity contribution >= 4 is 10.1 Å². The third-order valence-corrected chi connectivity index (χ3v) is 3.68. The van der Waals surface area contributed by atoms with Crippen LogP contribution in [0.2, 0.25) is 0 Å². The molecule has 0 rings (SSSR count). The van der Waals surface area contributed by atoms with Gasteiger partial charge in [0, 0.05) is 6.54 Å². The summed E-state index contributed by atoms with van der Waals surface area (Å²) in [5, 5.41) is 26.4. The summed E-state index contributed by atoms with van der Waals surface area (Å²) >= 11 is 0. The minimum atomic E-state index is -4.23. The number of aliphatic hydroxyl groups excluding tert-OH is 3. The van der Waals surface area contributed by atoms with Crippen LogP contribution in [0.1, 0.15) is 0 Å². The van der Waals surface area contributed by atoms with E-state index in [1.54, 1.807) is 0 Å². The molecule has 0 radical (unpaired) electrons. The first-order valence-corrected chi connectivity index (χ1v) is 5.32. The Kier molecular flexibility index (Phi) is 5.49. The van der Waals surface area contributed by atoms with Crippen molar-refractivity contribution < 1.29 is 27.9 Å². The first kappa shape index (κ1) is 13.8. The van der Waals surface area contributed by atoms with Crippen molar-refractivity contribution in [1.82, 2.24) is 0 Å². The largest absolute Gasteiger partial charge is 0.394 e. The van der Waals surface area contributed by atoms with Gasteiger partial charge in [0.1, 0.15) is 0 Å². The molecule has 0 saturated heterocycles. The number of rotatable bonds is 7. The van der Waals surface area contributed by atoms with Crippen molar-refractivity contribution in [2.75, 3.05) is 33.0 Å². The first-order chi connectivity index (χ1) is 6.49. The van der Waals surface area contributed by atoms with Crippen LogP contribution in [0.3, 0.4) is 0 Å². The van der Waals surface area contributed by atoms with Gasteiger partial charge in [0.05, 0.1) is 26.4 Å². The molecular formula is C6H15NO6S. The average molecular weight is 229 g/mol. The van der Waals surface area contributed by atoms with Crippen molar-refractivity contribution in [3.05, 3.63) is 0 Å². The number of nitrogens with two attached hydrogens (primary N) is 1. The van der Waals surface area contributed by atoms with E-state index >= 15 is 0 Å². The van der Waals surface area contributed by atoms with Gasteiger partial charge in [-0.15, -0.1) is 0 Å². The van der Waals surface area contributed by atoms with Crippen LogP contribution in [0.5, 0.6) is 0 Å². The maximum atomic E-state index is 11.3. The molecule has 0 aliphatic rings. The normalized spacial score (nSPS) is 13.1. The van der Waals surface area contributed by atoms with E-state index in [2.05, 4.69) is 4.18 Å². The van der Waals surface area contributed by atoms with E-state index in [-0.39, 0.29) is 13.2 Å². The van der Waals surface area contributed by atoms with Gasteiger partial charge in [-0.2, -0.15) is 8.42 Å². The zero-order valence-electron chi connectivity index (χ0n) is 7.59. The summed E-state index contributed by atoms with van der Waals surface area (Å²) in [5.41, 5.74) is 5.03. The molecular weight excluding hydrogens is 214 g/mol. The fourth-order valence-electron chi connectivity index (χ4n) is 0.670. The smallest absolute Gasteiger partial charge is 0.280 e. The highest BCUT2D eigenvalue weighted by Gasteiger charge is 2.43. The van der Waals surface area contributed by atoms with Crippen LogP contribution < -0.4 is 5.73 Å². The third-order valence-electron chi connectivity index (χ3n) is 1.75. The molecule has 0 saturated carbocycles. The van der Waals surface area contributed by atoms with Crippen LogP contribution in [0.15, 0.2) is 0 Å². The molecule has 86 valence electrons. The Labute approximate surface area is 82.2 Å². The van der Waals surface area contributed by atoms with E-state index in [0.29, 0.717) is 0 Å². The van der Waals surface area contributed by atoms with E-state index < -0.39 is 34.7 Å². The van der Waals surface area contributed by atoms with Crippen molar-refractivity contribution in [2.24, 2.45) is 5.73 Å². The monoisotopic (exact) mass is 229 g/mol. The molecule has 0 fully saturated rings. The van der Waals surface area contributed by atoms with E-state index in [1.165, 1.54) is 0 Å². The SMILES string of the molecule is NCCOS(=O)(=O)C(CO)(CO)CO. The standard InChI is InChI=1S/C6H15NO6S/c7-1-2-13-14(11,12)6(3-8,4-9)5-10/h8-10H,1-5,7H2. The molecule has 5 N–H and O–H groups in total. The molecule has 0 aromatic heterocycles. The summed E-state index contributed by atoms with van der Waals surface area (Å²) in [4.78, 5) is 0. The van der Waals surface area contributed by atoms with Crippen LogP contribution in [0, 0.1) is 0 Å². The lowest BCUT2D eigenvalue weighted by atomic mass is 10.2. The van der Waals surface area contributed by atoms with Crippen LogP contribution in [-0.2, 0) is 14.3 Å². The Hall–Kier alpha value is -0.250. The Bertz CT molecular complexity index is 239. The summed E-state index contributed by atoms with van der Waals surface area (Å²) in [6, 6.07) is 0. The van der Waals surface area contributed by atoms with Gasteiger partial charge in [0.2, 0.25) is 0 Å². The number of aliphatic hydroxyl groups is 3. The lowest BCUT2D eigenvalue weighted by Crippen LogP contribution is -2.50. The van der Waals surface area contributed by atoms with Crippen LogP contribution in [-0.4, -0.2) is 61.5 Å². The van der Waals surface area contributed by atoms with Crippen molar-refractivity contribution in [3.63, 3.8) is 0 Å². The Balaban J connectivity index is 4.80.